The summed E-state index contributed by atoms with van der Waals surface area (Å²) in [5.41, 5.74) is 1.75. The van der Waals surface area contributed by atoms with E-state index in [0.717, 1.165) is 5.56 Å². The molecule has 2 saturated heterocycles. The van der Waals surface area contributed by atoms with Crippen LogP contribution in [0.5, 0.6) is 0 Å². The average molecular weight is 593 g/mol. The van der Waals surface area contributed by atoms with Crippen LogP contribution in [-0.2, 0) is 28.5 Å². The average Bonchev–Trinajstić information content (AvgIpc) is 3.70. The summed E-state index contributed by atoms with van der Waals surface area (Å²) in [7, 11) is 1.50. The van der Waals surface area contributed by atoms with Crippen molar-refractivity contribution in [2.45, 2.75) is 57.6 Å². The fraction of sp³-hybridized carbons (Fsp3) is 0.448. The van der Waals surface area contributed by atoms with Crippen molar-refractivity contribution in [3.63, 3.8) is 0 Å². The van der Waals surface area contributed by atoms with Gasteiger partial charge in [0.25, 0.3) is 5.91 Å². The van der Waals surface area contributed by atoms with E-state index in [0.29, 0.717) is 23.5 Å². The molecule has 14 nitrogen and oxygen atoms in total. The third-order valence-electron chi connectivity index (χ3n) is 6.98. The largest absolute Gasteiger partial charge is 0.861 e. The second kappa shape index (κ2) is 13.3. The van der Waals surface area contributed by atoms with E-state index in [9.17, 15) is 14.7 Å². The molecule has 228 valence electrons. The van der Waals surface area contributed by atoms with Gasteiger partial charge in [-0.15, -0.1) is 0 Å². The summed E-state index contributed by atoms with van der Waals surface area (Å²) < 4.78 is 25.4. The number of nitrogens with one attached hydrogen (secondary N) is 1. The van der Waals surface area contributed by atoms with Gasteiger partial charge >= 0.3 is 5.97 Å². The molecule has 3 aromatic rings. The highest BCUT2D eigenvalue weighted by molar-refractivity contribution is 5.87. The van der Waals surface area contributed by atoms with Crippen LogP contribution in [0.1, 0.15) is 32.6 Å². The maximum atomic E-state index is 13.5. The van der Waals surface area contributed by atoms with Crippen molar-refractivity contribution in [2.75, 3.05) is 32.1 Å². The zero-order valence-electron chi connectivity index (χ0n) is 24.3. The third-order valence-corrected chi connectivity index (χ3v) is 6.98. The second-order valence-electron chi connectivity index (χ2n) is 10.0. The number of ether oxygens (including phenoxy) is 4. The van der Waals surface area contributed by atoms with Gasteiger partial charge in [0, 0.05) is 13.6 Å². The molecule has 0 bridgehead atoms. The van der Waals surface area contributed by atoms with Crippen LogP contribution in [0.15, 0.2) is 54.1 Å². The fourth-order valence-electron chi connectivity index (χ4n) is 4.94. The van der Waals surface area contributed by atoms with E-state index >= 15 is 0 Å². The first-order valence-electron chi connectivity index (χ1n) is 14.1. The predicted molar refractivity (Wildman–Crippen MR) is 154 cm³/mol. The lowest BCUT2D eigenvalue weighted by atomic mass is 10.1. The molecule has 0 aliphatic carbocycles. The Hall–Kier alpha value is -4.40. The van der Waals surface area contributed by atoms with Gasteiger partial charge in [-0.2, -0.15) is 0 Å². The van der Waals surface area contributed by atoms with Crippen LogP contribution in [0, 0.1) is 0 Å². The van der Waals surface area contributed by atoms with Crippen LogP contribution in [-0.4, -0.2) is 99.6 Å². The predicted octanol–water partition coefficient (Wildman–Crippen LogP) is 1.15. The minimum absolute atomic E-state index is 0.201. The molecule has 2 aliphatic heterocycles. The van der Waals surface area contributed by atoms with Crippen LogP contribution in [0.2, 0.25) is 0 Å². The summed E-state index contributed by atoms with van der Waals surface area (Å²) in [5, 5.41) is 15.3. The maximum Gasteiger partial charge on any atom is 0.325 e. The molecule has 2 fully saturated rings. The highest BCUT2D eigenvalue weighted by Gasteiger charge is 2.56. The number of aliphatic imine (C=N–C) groups is 1. The molecular weight excluding hydrogens is 558 g/mol. The molecule has 1 aromatic carbocycles. The number of anilines is 1. The topological polar surface area (TPSA) is 165 Å². The SMILES string of the molecule is CCN=C([O-])[C@H](C)Nc1ncnc2c1ncn2C1OC(C(=O)N(C)CC(=O)OCC)C2O[C@H](/C=C/c3ccccc3)OC21. The van der Waals surface area contributed by atoms with Crippen molar-refractivity contribution in [1.82, 2.24) is 24.4 Å². The van der Waals surface area contributed by atoms with Crippen molar-refractivity contribution in [2.24, 2.45) is 4.99 Å². The first-order valence-corrected chi connectivity index (χ1v) is 14.1. The second-order valence-corrected chi connectivity index (χ2v) is 10.0. The number of imidazole rings is 1. The van der Waals surface area contributed by atoms with Gasteiger partial charge in [-0.1, -0.05) is 36.4 Å². The Kier molecular flexibility index (Phi) is 9.28. The molecule has 5 rings (SSSR count). The third kappa shape index (κ3) is 6.50. The summed E-state index contributed by atoms with van der Waals surface area (Å²) >= 11 is 0. The molecule has 1 N–H and O–H groups in total. The molecule has 1 amide bonds. The molecular formula is C29H34N7O7-. The zero-order chi connectivity index (χ0) is 30.5. The molecule has 0 spiro atoms. The summed E-state index contributed by atoms with van der Waals surface area (Å²) in [6.45, 7) is 5.50. The lowest BCUT2D eigenvalue weighted by Crippen LogP contribution is -2.45. The number of carbonyl (C=O) groups is 2. The van der Waals surface area contributed by atoms with Gasteiger partial charge in [0.2, 0.25) is 0 Å². The van der Waals surface area contributed by atoms with Crippen molar-refractivity contribution in [3.05, 3.63) is 54.6 Å². The number of esters is 1. The van der Waals surface area contributed by atoms with Gasteiger partial charge in [0.15, 0.2) is 35.6 Å². The molecule has 2 aromatic heterocycles. The monoisotopic (exact) mass is 592 g/mol. The van der Waals surface area contributed by atoms with Gasteiger partial charge in [-0.25, -0.2) is 15.0 Å². The van der Waals surface area contributed by atoms with E-state index < -0.39 is 48.7 Å². The van der Waals surface area contributed by atoms with E-state index in [1.165, 1.54) is 24.6 Å². The molecule has 2 aliphatic rings. The lowest BCUT2D eigenvalue weighted by Gasteiger charge is -2.23. The van der Waals surface area contributed by atoms with Gasteiger partial charge in [0.1, 0.15) is 25.1 Å². The van der Waals surface area contributed by atoms with Gasteiger partial charge in [-0.05, 0) is 38.3 Å². The number of aromatic nitrogens is 4. The fourth-order valence-corrected chi connectivity index (χ4v) is 4.94. The summed E-state index contributed by atoms with van der Waals surface area (Å²) in [6.07, 6.45) is 2.28. The number of hydrogen-bond donors (Lipinski definition) is 1. The smallest absolute Gasteiger partial charge is 0.325 e. The standard InChI is InChI=1S/C29H35N7O7/c1-5-30-27(38)17(3)34-25-21-26(32-15-31-25)36(16-33-21)29-24-22(23(43-29)28(39)35(4)14-19(37)40-6-2)41-20(42-24)13-12-18-10-8-7-9-11-18/h7-13,15-17,20,22-24,29H,5-6,14H2,1-4H3,(H,30,38)(H,31,32,34)/p-1/b13-12+/t17-,20-,22?,23?,24?,29?/m0/s1. The summed E-state index contributed by atoms with van der Waals surface area (Å²) in [6, 6.07) is 9.04. The first kappa shape index (κ1) is 30.1. The van der Waals surface area contributed by atoms with E-state index in [1.54, 1.807) is 31.4 Å². The maximum absolute atomic E-state index is 13.5. The van der Waals surface area contributed by atoms with Crippen molar-refractivity contribution in [3.8, 4) is 0 Å². The summed E-state index contributed by atoms with van der Waals surface area (Å²) in [5.74, 6) is -0.960. The van der Waals surface area contributed by atoms with Crippen molar-refractivity contribution in [1.29, 1.82) is 0 Å². The minimum atomic E-state index is -1.09. The van der Waals surface area contributed by atoms with Gasteiger partial charge < -0.3 is 39.3 Å². The van der Waals surface area contributed by atoms with Gasteiger partial charge in [0.05, 0.1) is 19.0 Å². The Balaban J connectivity index is 1.43. The summed E-state index contributed by atoms with van der Waals surface area (Å²) in [4.78, 5) is 43.9. The highest BCUT2D eigenvalue weighted by Crippen LogP contribution is 2.41. The normalized spacial score (nSPS) is 24.3. The number of amides is 1. The number of likely N-dealkylation sites (N-methyl/N-ethyl adjacent to an activating group) is 1. The molecule has 4 unspecified atom stereocenters. The van der Waals surface area contributed by atoms with Crippen LogP contribution in [0.4, 0.5) is 5.82 Å². The van der Waals surface area contributed by atoms with Gasteiger partial charge in [-0.3, -0.25) is 14.2 Å². The molecule has 0 saturated carbocycles. The number of hydrogen-bond acceptors (Lipinski definition) is 12. The molecule has 4 heterocycles. The van der Waals surface area contributed by atoms with Crippen LogP contribution < -0.4 is 10.4 Å². The number of carbonyl (C=O) groups excluding carboxylic acids is 2. The first-order chi connectivity index (χ1) is 20.8. The minimum Gasteiger partial charge on any atom is -0.861 e. The Bertz CT molecular complexity index is 1490. The quantitative estimate of drug-likeness (QED) is 0.193. The molecule has 43 heavy (non-hydrogen) atoms. The number of fused-ring (bicyclic) bond motifs is 2. The van der Waals surface area contributed by atoms with E-state index in [4.69, 9.17) is 18.9 Å². The molecule has 0 radical (unpaired) electrons. The van der Waals surface area contributed by atoms with E-state index in [1.807, 2.05) is 36.4 Å². The van der Waals surface area contributed by atoms with E-state index in [-0.39, 0.29) is 19.0 Å². The van der Waals surface area contributed by atoms with Crippen LogP contribution in [0.3, 0.4) is 0 Å². The van der Waals surface area contributed by atoms with Crippen molar-refractivity contribution >= 4 is 40.8 Å². The highest BCUT2D eigenvalue weighted by atomic mass is 16.8. The number of benzene rings is 1. The molecule has 14 heteroatoms. The Labute approximate surface area is 248 Å². The zero-order valence-corrected chi connectivity index (χ0v) is 24.3. The Morgan fingerprint density at radius 2 is 1.93 bits per heavy atom. The lowest BCUT2D eigenvalue weighted by molar-refractivity contribution is -0.219. The van der Waals surface area contributed by atoms with Crippen molar-refractivity contribution < 1.29 is 33.6 Å². The van der Waals surface area contributed by atoms with Crippen LogP contribution in [0.25, 0.3) is 17.2 Å². The molecule has 6 atom stereocenters. The Morgan fingerprint density at radius 3 is 2.67 bits per heavy atom. The van der Waals surface area contributed by atoms with Crippen LogP contribution >= 0.6 is 0 Å². The van der Waals surface area contributed by atoms with E-state index in [2.05, 4.69) is 25.3 Å². The number of nitrogens with zero attached hydrogens (tertiary/aromatic N) is 6. The number of rotatable bonds is 11. The Morgan fingerprint density at radius 1 is 1.16 bits per heavy atom.